The molecule has 1 aliphatic rings. The number of aromatic nitrogens is 3. The zero-order chi connectivity index (χ0) is 25.3. The number of rotatable bonds is 8. The number of methoxy groups -OCH3 is 1. The van der Waals surface area contributed by atoms with Gasteiger partial charge in [-0.1, -0.05) is 13.0 Å². The molecule has 1 aromatic carbocycles. The van der Waals surface area contributed by atoms with Gasteiger partial charge in [0.2, 0.25) is 18.3 Å². The lowest BCUT2D eigenvalue weighted by Gasteiger charge is -2.24. The van der Waals surface area contributed by atoms with Crippen molar-refractivity contribution in [2.24, 2.45) is 22.2 Å². The van der Waals surface area contributed by atoms with E-state index in [4.69, 9.17) is 4.74 Å². The number of alkyl halides is 2. The Labute approximate surface area is 201 Å². The maximum atomic E-state index is 15.2. The van der Waals surface area contributed by atoms with Crippen molar-refractivity contribution in [3.05, 3.63) is 35.8 Å². The Hall–Kier alpha value is -3.61. The first-order chi connectivity index (χ1) is 16.6. The van der Waals surface area contributed by atoms with E-state index < -0.39 is 17.7 Å². The SMILES string of the molecule is COc1nc(NCC(C)(C)C#N)nn2cc(F)c(-c3ccc4c(c3)C[C@H]([C@H](C)CC(F)F)C=N4)c12. The molecule has 0 unspecified atom stereocenters. The molecule has 1 N–H and O–H groups in total. The summed E-state index contributed by atoms with van der Waals surface area (Å²) in [5.41, 5.74) is 2.20. The molecular weight excluding hydrogens is 457 g/mol. The molecule has 0 radical (unpaired) electrons. The monoisotopic (exact) mass is 484 g/mol. The second kappa shape index (κ2) is 9.56. The van der Waals surface area contributed by atoms with Crippen LogP contribution in [0.25, 0.3) is 16.6 Å². The predicted molar refractivity (Wildman–Crippen MR) is 128 cm³/mol. The Kier molecular flexibility index (Phi) is 6.70. The molecule has 0 aliphatic carbocycles. The van der Waals surface area contributed by atoms with Crippen molar-refractivity contribution in [2.75, 3.05) is 19.0 Å². The van der Waals surface area contributed by atoms with Crippen molar-refractivity contribution >= 4 is 23.4 Å². The Bertz CT molecular complexity index is 1310. The number of hydrogen-bond donors (Lipinski definition) is 1. The van der Waals surface area contributed by atoms with Gasteiger partial charge in [-0.2, -0.15) is 10.2 Å². The minimum absolute atomic E-state index is 0.119. The van der Waals surface area contributed by atoms with Gasteiger partial charge in [-0.3, -0.25) is 4.99 Å². The highest BCUT2D eigenvalue weighted by molar-refractivity contribution is 5.86. The number of hydrogen-bond acceptors (Lipinski definition) is 6. The van der Waals surface area contributed by atoms with Crippen LogP contribution in [0, 0.1) is 34.4 Å². The van der Waals surface area contributed by atoms with Gasteiger partial charge in [0.1, 0.15) is 5.52 Å². The van der Waals surface area contributed by atoms with Crippen LogP contribution in [0.15, 0.2) is 29.4 Å². The van der Waals surface area contributed by atoms with E-state index in [-0.39, 0.29) is 35.6 Å². The minimum atomic E-state index is -2.37. The van der Waals surface area contributed by atoms with E-state index >= 15 is 4.39 Å². The number of aliphatic imine (C=N–C) groups is 1. The first-order valence-corrected chi connectivity index (χ1v) is 11.4. The lowest BCUT2D eigenvalue weighted by atomic mass is 9.84. The zero-order valence-corrected chi connectivity index (χ0v) is 20.0. The van der Waals surface area contributed by atoms with Crippen molar-refractivity contribution in [1.29, 1.82) is 5.26 Å². The molecule has 10 heteroatoms. The molecule has 2 atom stereocenters. The molecule has 3 heterocycles. The number of nitrogens with zero attached hydrogens (tertiary/aromatic N) is 5. The summed E-state index contributed by atoms with van der Waals surface area (Å²) >= 11 is 0. The van der Waals surface area contributed by atoms with Crippen LogP contribution in [-0.4, -0.2) is 40.9 Å². The number of halogens is 3. The highest BCUT2D eigenvalue weighted by atomic mass is 19.3. The van der Waals surface area contributed by atoms with E-state index in [1.807, 2.05) is 6.07 Å². The van der Waals surface area contributed by atoms with Gasteiger partial charge in [-0.25, -0.2) is 17.7 Å². The summed E-state index contributed by atoms with van der Waals surface area (Å²) in [6.07, 6.45) is 0.972. The van der Waals surface area contributed by atoms with E-state index in [2.05, 4.69) is 26.5 Å². The normalized spacial score (nSPS) is 16.3. The van der Waals surface area contributed by atoms with Crippen LogP contribution < -0.4 is 10.1 Å². The molecule has 4 rings (SSSR count). The summed E-state index contributed by atoms with van der Waals surface area (Å²) in [6.45, 7) is 5.65. The average Bonchev–Trinajstić information content (AvgIpc) is 3.16. The molecule has 184 valence electrons. The molecule has 0 bridgehead atoms. The van der Waals surface area contributed by atoms with Gasteiger partial charge >= 0.3 is 0 Å². The Balaban J connectivity index is 1.70. The van der Waals surface area contributed by atoms with E-state index in [0.717, 1.165) is 11.3 Å². The third kappa shape index (κ3) is 5.09. The fourth-order valence-electron chi connectivity index (χ4n) is 4.17. The lowest BCUT2D eigenvalue weighted by Crippen LogP contribution is -2.22. The molecule has 0 spiro atoms. The van der Waals surface area contributed by atoms with Crippen molar-refractivity contribution in [1.82, 2.24) is 14.6 Å². The number of fused-ring (bicyclic) bond motifs is 2. The molecule has 0 saturated heterocycles. The second-order valence-electron chi connectivity index (χ2n) is 9.53. The van der Waals surface area contributed by atoms with Crippen molar-refractivity contribution in [3.63, 3.8) is 0 Å². The highest BCUT2D eigenvalue weighted by Gasteiger charge is 2.26. The van der Waals surface area contributed by atoms with E-state index in [0.29, 0.717) is 24.0 Å². The summed E-state index contributed by atoms with van der Waals surface area (Å²) in [5, 5.41) is 16.6. The van der Waals surface area contributed by atoms with Crippen LogP contribution in [0.2, 0.25) is 0 Å². The van der Waals surface area contributed by atoms with Crippen LogP contribution in [-0.2, 0) is 6.42 Å². The fraction of sp³-hybridized carbons (Fsp3) is 0.440. The number of benzene rings is 1. The zero-order valence-electron chi connectivity index (χ0n) is 20.0. The quantitative estimate of drug-likeness (QED) is 0.445. The third-order valence-corrected chi connectivity index (χ3v) is 6.25. The maximum absolute atomic E-state index is 15.2. The van der Waals surface area contributed by atoms with Gasteiger partial charge in [0.05, 0.1) is 36.0 Å². The van der Waals surface area contributed by atoms with Gasteiger partial charge in [-0.15, -0.1) is 5.10 Å². The number of nitrogens with one attached hydrogen (secondary N) is 1. The van der Waals surface area contributed by atoms with Crippen molar-refractivity contribution < 1.29 is 17.9 Å². The highest BCUT2D eigenvalue weighted by Crippen LogP contribution is 2.38. The first-order valence-electron chi connectivity index (χ1n) is 11.4. The van der Waals surface area contributed by atoms with Crippen LogP contribution >= 0.6 is 0 Å². The number of nitriles is 1. The lowest BCUT2D eigenvalue weighted by molar-refractivity contribution is 0.111. The summed E-state index contributed by atoms with van der Waals surface area (Å²) < 4.78 is 47.8. The molecular formula is C25H27F3N6O. The Morgan fingerprint density at radius 1 is 1.34 bits per heavy atom. The van der Waals surface area contributed by atoms with E-state index in [1.54, 1.807) is 39.1 Å². The predicted octanol–water partition coefficient (Wildman–Crippen LogP) is 5.67. The van der Waals surface area contributed by atoms with E-state index in [9.17, 15) is 14.0 Å². The molecule has 0 saturated carbocycles. The molecule has 3 aromatic rings. The molecule has 35 heavy (non-hydrogen) atoms. The minimum Gasteiger partial charge on any atom is -0.479 e. The van der Waals surface area contributed by atoms with Gasteiger partial charge in [-0.05, 0) is 49.4 Å². The largest absolute Gasteiger partial charge is 0.479 e. The topological polar surface area (TPSA) is 87.6 Å². The molecule has 2 aromatic heterocycles. The molecule has 0 fully saturated rings. The summed E-state index contributed by atoms with van der Waals surface area (Å²) in [6, 6.07) is 7.59. The van der Waals surface area contributed by atoms with Crippen LogP contribution in [0.4, 0.5) is 24.8 Å². The van der Waals surface area contributed by atoms with Gasteiger partial charge in [0, 0.05) is 25.1 Å². The summed E-state index contributed by atoms with van der Waals surface area (Å²) in [4.78, 5) is 8.82. The van der Waals surface area contributed by atoms with Gasteiger partial charge in [0.25, 0.3) is 0 Å². The first kappa shape index (κ1) is 24.5. The standard InChI is InChI=1S/C25H27F3N6O/c1-14(7-20(27)28)17-9-16-8-15(5-6-19(16)30-10-17)21-18(26)11-34-22(21)23(35-4)32-24(33-34)31-13-25(2,3)12-29/h5-6,8,10-11,14,17,20H,7,9,13H2,1-4H3,(H,31,33)/t14-,17+/m1/s1. The van der Waals surface area contributed by atoms with Crippen LogP contribution in [0.1, 0.15) is 32.8 Å². The summed E-state index contributed by atoms with van der Waals surface area (Å²) in [7, 11) is 1.44. The molecule has 1 aliphatic heterocycles. The molecule has 7 nitrogen and oxygen atoms in total. The third-order valence-electron chi connectivity index (χ3n) is 6.25. The summed E-state index contributed by atoms with van der Waals surface area (Å²) in [5.74, 6) is -0.473. The van der Waals surface area contributed by atoms with Crippen molar-refractivity contribution in [3.8, 4) is 23.1 Å². The smallest absolute Gasteiger partial charge is 0.244 e. The Morgan fingerprint density at radius 3 is 2.80 bits per heavy atom. The average molecular weight is 485 g/mol. The van der Waals surface area contributed by atoms with Crippen LogP contribution in [0.5, 0.6) is 5.88 Å². The van der Waals surface area contributed by atoms with Crippen LogP contribution in [0.3, 0.4) is 0 Å². The maximum Gasteiger partial charge on any atom is 0.244 e. The van der Waals surface area contributed by atoms with Gasteiger partial charge < -0.3 is 10.1 Å². The second-order valence-corrected chi connectivity index (χ2v) is 9.53. The number of anilines is 1. The van der Waals surface area contributed by atoms with Crippen molar-refractivity contribution in [2.45, 2.75) is 40.0 Å². The fourth-order valence-corrected chi connectivity index (χ4v) is 4.17. The number of ether oxygens (including phenoxy) is 1. The van der Waals surface area contributed by atoms with Gasteiger partial charge in [0.15, 0.2) is 5.82 Å². The molecule has 0 amide bonds. The Morgan fingerprint density at radius 2 is 2.11 bits per heavy atom. The van der Waals surface area contributed by atoms with E-state index in [1.165, 1.54) is 17.8 Å².